The van der Waals surface area contributed by atoms with Crippen molar-refractivity contribution < 1.29 is 28.2 Å². The number of halogens is 3. The second kappa shape index (κ2) is 11.5. The van der Waals surface area contributed by atoms with E-state index in [0.717, 1.165) is 0 Å². The number of hydrogen-bond acceptors (Lipinski definition) is 7. The number of fused-ring (bicyclic) bond motifs is 2. The van der Waals surface area contributed by atoms with Gasteiger partial charge < -0.3 is 25.4 Å². The Labute approximate surface area is 262 Å². The standard InChI is InChI=1S/C31H31BrClFN4O5/c1-30(2,3)13-22-31(26-20(37-29(31)41)12-16(33)14-35-26)23(17-7-6-8-18(32)24(17)34)25(38-22)27(39)36-19-10-9-15(28(40)43-5)11-21(19)42-4/h6-12,14,22-23,25,38H,13H2,1-5H3,(H,36,39)(H,37,41)/t22-,23-,25+,31+/m0/s1. The number of anilines is 2. The van der Waals surface area contributed by atoms with Crippen molar-refractivity contribution in [2.24, 2.45) is 5.41 Å². The van der Waals surface area contributed by atoms with Gasteiger partial charge in [-0.2, -0.15) is 0 Å². The Morgan fingerprint density at radius 3 is 2.60 bits per heavy atom. The van der Waals surface area contributed by atoms with Crippen molar-refractivity contribution in [3.63, 3.8) is 0 Å². The molecule has 43 heavy (non-hydrogen) atoms. The summed E-state index contributed by atoms with van der Waals surface area (Å²) in [5.41, 5.74) is -0.258. The molecule has 2 aromatic carbocycles. The first-order valence-corrected chi connectivity index (χ1v) is 14.7. The van der Waals surface area contributed by atoms with Gasteiger partial charge >= 0.3 is 5.97 Å². The van der Waals surface area contributed by atoms with Gasteiger partial charge in [-0.15, -0.1) is 0 Å². The van der Waals surface area contributed by atoms with E-state index in [-0.39, 0.29) is 32.5 Å². The fourth-order valence-corrected chi connectivity index (χ4v) is 6.77. The molecule has 0 aliphatic carbocycles. The first kappa shape index (κ1) is 30.9. The number of nitrogens with one attached hydrogen (secondary N) is 3. The Balaban J connectivity index is 1.68. The number of carbonyl (C=O) groups excluding carboxylic acids is 3. The van der Waals surface area contributed by atoms with Crippen LogP contribution in [0.15, 0.2) is 53.1 Å². The smallest absolute Gasteiger partial charge is 0.337 e. The molecule has 2 aliphatic rings. The number of rotatable bonds is 6. The van der Waals surface area contributed by atoms with Crippen molar-refractivity contribution in [3.8, 4) is 5.75 Å². The molecule has 0 unspecified atom stereocenters. The molecule has 1 fully saturated rings. The van der Waals surface area contributed by atoms with Gasteiger partial charge in [-0.1, -0.05) is 44.5 Å². The maximum absolute atomic E-state index is 16.0. The van der Waals surface area contributed by atoms with Crippen LogP contribution in [0.5, 0.6) is 5.75 Å². The third-order valence-electron chi connectivity index (χ3n) is 7.92. The van der Waals surface area contributed by atoms with Crippen LogP contribution in [0.4, 0.5) is 15.8 Å². The molecule has 1 aromatic heterocycles. The molecular formula is C31H31BrClFN4O5. The summed E-state index contributed by atoms with van der Waals surface area (Å²) in [5, 5.41) is 9.53. The Kier molecular flexibility index (Phi) is 8.28. The summed E-state index contributed by atoms with van der Waals surface area (Å²) in [6.07, 6.45) is 1.91. The summed E-state index contributed by atoms with van der Waals surface area (Å²) < 4.78 is 26.5. The van der Waals surface area contributed by atoms with E-state index >= 15 is 4.39 Å². The van der Waals surface area contributed by atoms with Gasteiger partial charge in [-0.05, 0) is 63.7 Å². The molecule has 3 heterocycles. The van der Waals surface area contributed by atoms with Crippen molar-refractivity contribution in [2.45, 2.75) is 50.6 Å². The van der Waals surface area contributed by atoms with Crippen molar-refractivity contribution in [1.29, 1.82) is 0 Å². The maximum Gasteiger partial charge on any atom is 0.337 e. The summed E-state index contributed by atoms with van der Waals surface area (Å²) in [6.45, 7) is 6.09. The van der Waals surface area contributed by atoms with Crippen molar-refractivity contribution in [3.05, 3.63) is 80.8 Å². The normalized spacial score (nSPS) is 22.7. The molecular weight excluding hydrogens is 643 g/mol. The second-order valence-corrected chi connectivity index (χ2v) is 13.1. The van der Waals surface area contributed by atoms with Gasteiger partial charge in [0.05, 0.1) is 52.4 Å². The number of methoxy groups -OCH3 is 2. The van der Waals surface area contributed by atoms with E-state index in [1.165, 1.54) is 38.6 Å². The molecule has 1 spiro atoms. The van der Waals surface area contributed by atoms with E-state index in [4.69, 9.17) is 21.1 Å². The lowest BCUT2D eigenvalue weighted by Gasteiger charge is -2.37. The van der Waals surface area contributed by atoms with Gasteiger partial charge in [-0.3, -0.25) is 14.6 Å². The highest BCUT2D eigenvalue weighted by Gasteiger charge is 2.67. The highest BCUT2D eigenvalue weighted by Crippen LogP contribution is 2.56. The first-order valence-electron chi connectivity index (χ1n) is 13.6. The zero-order valence-corrected chi connectivity index (χ0v) is 26.5. The van der Waals surface area contributed by atoms with Gasteiger partial charge in [0.1, 0.15) is 17.0 Å². The van der Waals surface area contributed by atoms with Crippen LogP contribution in [-0.2, 0) is 19.7 Å². The molecule has 0 radical (unpaired) electrons. The predicted molar refractivity (Wildman–Crippen MR) is 164 cm³/mol. The van der Waals surface area contributed by atoms with Gasteiger partial charge in [0.25, 0.3) is 0 Å². The fourth-order valence-electron chi connectivity index (χ4n) is 6.23. The van der Waals surface area contributed by atoms with E-state index in [0.29, 0.717) is 22.8 Å². The highest BCUT2D eigenvalue weighted by molar-refractivity contribution is 9.10. The van der Waals surface area contributed by atoms with Crippen molar-refractivity contribution in [1.82, 2.24) is 10.3 Å². The van der Waals surface area contributed by atoms with E-state index in [1.54, 1.807) is 24.3 Å². The lowest BCUT2D eigenvalue weighted by Crippen LogP contribution is -2.50. The zero-order chi connectivity index (χ0) is 31.3. The molecule has 12 heteroatoms. The number of nitrogens with zero attached hydrogens (tertiary/aromatic N) is 1. The number of hydrogen-bond donors (Lipinski definition) is 3. The Hall–Kier alpha value is -3.54. The van der Waals surface area contributed by atoms with Crippen molar-refractivity contribution >= 4 is 56.7 Å². The summed E-state index contributed by atoms with van der Waals surface area (Å²) in [5.74, 6) is -2.88. The number of esters is 1. The van der Waals surface area contributed by atoms with Crippen LogP contribution in [0.1, 0.15) is 54.7 Å². The lowest BCUT2D eigenvalue weighted by molar-refractivity contribution is -0.122. The van der Waals surface area contributed by atoms with Crippen LogP contribution >= 0.6 is 27.5 Å². The number of amides is 2. The fraction of sp³-hybridized carbons (Fsp3) is 0.355. The predicted octanol–water partition coefficient (Wildman–Crippen LogP) is 5.82. The van der Waals surface area contributed by atoms with E-state index < -0.39 is 47.0 Å². The molecule has 9 nitrogen and oxygen atoms in total. The molecule has 226 valence electrons. The number of ether oxygens (including phenoxy) is 2. The number of carbonyl (C=O) groups is 3. The summed E-state index contributed by atoms with van der Waals surface area (Å²) in [7, 11) is 2.67. The molecule has 1 saturated heterocycles. The third-order valence-corrected chi connectivity index (χ3v) is 8.74. The summed E-state index contributed by atoms with van der Waals surface area (Å²) in [6, 6.07) is 9.18. The Morgan fingerprint density at radius 1 is 1.19 bits per heavy atom. The summed E-state index contributed by atoms with van der Waals surface area (Å²) in [4.78, 5) is 45.1. The Bertz CT molecular complexity index is 1630. The van der Waals surface area contributed by atoms with Crippen LogP contribution in [0.3, 0.4) is 0 Å². The largest absolute Gasteiger partial charge is 0.495 e. The molecule has 0 bridgehead atoms. The van der Waals surface area contributed by atoms with Crippen LogP contribution < -0.4 is 20.7 Å². The minimum absolute atomic E-state index is 0.172. The first-order chi connectivity index (χ1) is 20.3. The van der Waals surface area contributed by atoms with Crippen LogP contribution in [0.25, 0.3) is 0 Å². The van der Waals surface area contributed by atoms with E-state index in [1.807, 2.05) is 20.8 Å². The third kappa shape index (κ3) is 5.38. The van der Waals surface area contributed by atoms with Crippen LogP contribution in [0, 0.1) is 11.2 Å². The van der Waals surface area contributed by atoms with Gasteiger partial charge in [0.2, 0.25) is 11.8 Å². The molecule has 5 rings (SSSR count). The molecule has 3 aromatic rings. The molecule has 4 atom stereocenters. The minimum atomic E-state index is -1.46. The molecule has 2 amide bonds. The SMILES string of the molecule is COC(=O)c1ccc(NC(=O)[C@@H]2N[C@@H](CC(C)(C)C)[C@@]3(C(=O)Nc4cc(Cl)cnc43)[C@H]2c2cccc(Br)c2F)c(OC)c1. The van der Waals surface area contributed by atoms with Crippen molar-refractivity contribution in [2.75, 3.05) is 24.9 Å². The van der Waals surface area contributed by atoms with E-state index in [2.05, 4.69) is 36.9 Å². The minimum Gasteiger partial charge on any atom is -0.495 e. The second-order valence-electron chi connectivity index (χ2n) is 11.9. The van der Waals surface area contributed by atoms with Crippen LogP contribution in [0.2, 0.25) is 5.02 Å². The Morgan fingerprint density at radius 2 is 1.93 bits per heavy atom. The maximum atomic E-state index is 16.0. The molecule has 0 saturated carbocycles. The number of aromatic nitrogens is 1. The lowest BCUT2D eigenvalue weighted by atomic mass is 9.64. The molecule has 2 aliphatic heterocycles. The topological polar surface area (TPSA) is 119 Å². The number of benzene rings is 2. The molecule has 3 N–H and O–H groups in total. The van der Waals surface area contributed by atoms with Gasteiger partial charge in [0, 0.05) is 18.2 Å². The van der Waals surface area contributed by atoms with E-state index in [9.17, 15) is 14.4 Å². The monoisotopic (exact) mass is 672 g/mol. The summed E-state index contributed by atoms with van der Waals surface area (Å²) >= 11 is 9.53. The highest BCUT2D eigenvalue weighted by atomic mass is 79.9. The van der Waals surface area contributed by atoms with Gasteiger partial charge in [0.15, 0.2) is 0 Å². The van der Waals surface area contributed by atoms with Gasteiger partial charge in [-0.25, -0.2) is 9.18 Å². The average molecular weight is 674 g/mol. The quantitative estimate of drug-likeness (QED) is 0.282. The van der Waals surface area contributed by atoms with Crippen LogP contribution in [-0.4, -0.2) is 49.1 Å². The average Bonchev–Trinajstić information content (AvgIpc) is 3.43. The number of pyridine rings is 1. The zero-order valence-electron chi connectivity index (χ0n) is 24.2.